The summed E-state index contributed by atoms with van der Waals surface area (Å²) < 4.78 is 7.95. The monoisotopic (exact) mass is 610 g/mol. The summed E-state index contributed by atoms with van der Waals surface area (Å²) in [7, 11) is 0. The second-order valence-electron chi connectivity index (χ2n) is 10.1. The van der Waals surface area contributed by atoms with Crippen LogP contribution in [-0.2, 0) is 6.42 Å². The molecule has 43 heavy (non-hydrogen) atoms. The van der Waals surface area contributed by atoms with E-state index in [4.69, 9.17) is 21.0 Å². The molecule has 10 nitrogen and oxygen atoms in total. The number of hydrogen-bond donors (Lipinski definition) is 0. The van der Waals surface area contributed by atoms with Crippen LogP contribution in [0.15, 0.2) is 98.6 Å². The molecule has 0 unspecified atom stereocenters. The van der Waals surface area contributed by atoms with E-state index < -0.39 is 15.9 Å². The molecule has 2 aliphatic rings. The first-order valence-electron chi connectivity index (χ1n) is 13.2. The molecule has 0 saturated heterocycles. The van der Waals surface area contributed by atoms with Crippen molar-refractivity contribution in [2.24, 2.45) is 4.99 Å². The van der Waals surface area contributed by atoms with Crippen LogP contribution in [0.4, 0.5) is 11.4 Å². The van der Waals surface area contributed by atoms with Crippen LogP contribution in [0.25, 0.3) is 23.1 Å². The van der Waals surface area contributed by atoms with Gasteiger partial charge in [0.1, 0.15) is 11.5 Å². The zero-order valence-corrected chi connectivity index (χ0v) is 23.7. The molecule has 5 aromatic rings. The minimum absolute atomic E-state index is 0.0528. The minimum atomic E-state index is -0.562. The lowest BCUT2D eigenvalue weighted by molar-refractivity contribution is -0.385. The number of furan rings is 1. The number of nitrogens with zero attached hydrogens (tertiary/aromatic N) is 4. The number of aryl methyl sites for hydroxylation is 1. The van der Waals surface area contributed by atoms with Crippen LogP contribution in [0.2, 0.25) is 5.02 Å². The molecule has 3 aromatic carbocycles. The molecule has 12 heteroatoms. The molecule has 1 atom stereocenters. The fourth-order valence-corrected chi connectivity index (χ4v) is 6.90. The number of hydrogen-bond acceptors (Lipinski definition) is 8. The predicted octanol–water partition coefficient (Wildman–Crippen LogP) is 6.05. The molecule has 3 heterocycles. The van der Waals surface area contributed by atoms with Gasteiger partial charge in [0.05, 0.1) is 31.1 Å². The highest BCUT2D eigenvalue weighted by Gasteiger charge is 2.33. The number of allylic oxidation sites excluding steroid dienone is 1. The van der Waals surface area contributed by atoms with Gasteiger partial charge in [-0.15, -0.1) is 0 Å². The van der Waals surface area contributed by atoms with Crippen molar-refractivity contribution in [3.05, 3.63) is 152 Å². The van der Waals surface area contributed by atoms with Gasteiger partial charge in [-0.05, 0) is 47.7 Å². The lowest BCUT2D eigenvalue weighted by atomic mass is 9.83. The summed E-state index contributed by atoms with van der Waals surface area (Å²) in [6.45, 7) is 0. The van der Waals surface area contributed by atoms with Crippen LogP contribution in [-0.4, -0.2) is 14.4 Å². The second kappa shape index (κ2) is 10.3. The number of fused-ring (bicyclic) bond motifs is 3. The number of nitro groups is 2. The molecule has 0 N–H and O–H groups in total. The average molecular weight is 611 g/mol. The maximum Gasteiger partial charge on any atom is 0.271 e. The number of rotatable bonds is 5. The summed E-state index contributed by atoms with van der Waals surface area (Å²) in [6, 6.07) is 21.3. The van der Waals surface area contributed by atoms with Gasteiger partial charge in [-0.3, -0.25) is 29.6 Å². The number of halogens is 1. The van der Waals surface area contributed by atoms with Gasteiger partial charge in [0.2, 0.25) is 0 Å². The summed E-state index contributed by atoms with van der Waals surface area (Å²) in [6.07, 6.45) is 3.04. The molecule has 2 aromatic heterocycles. The molecule has 0 bridgehead atoms. The Morgan fingerprint density at radius 3 is 2.51 bits per heavy atom. The van der Waals surface area contributed by atoms with Gasteiger partial charge in [0, 0.05) is 41.5 Å². The zero-order chi connectivity index (χ0) is 29.8. The molecule has 7 rings (SSSR count). The van der Waals surface area contributed by atoms with Gasteiger partial charge in [-0.2, -0.15) is 0 Å². The molecular formula is C31H19ClN4O6S. The van der Waals surface area contributed by atoms with Crippen molar-refractivity contribution in [3.63, 3.8) is 0 Å². The highest BCUT2D eigenvalue weighted by Crippen LogP contribution is 2.41. The molecular weight excluding hydrogens is 592 g/mol. The number of thiazole rings is 1. The number of benzene rings is 3. The van der Waals surface area contributed by atoms with E-state index in [0.717, 1.165) is 28.8 Å². The maximum atomic E-state index is 14.0. The van der Waals surface area contributed by atoms with E-state index in [-0.39, 0.29) is 22.0 Å². The van der Waals surface area contributed by atoms with Crippen LogP contribution >= 0.6 is 22.9 Å². The molecule has 212 valence electrons. The summed E-state index contributed by atoms with van der Waals surface area (Å²) >= 11 is 7.50. The van der Waals surface area contributed by atoms with E-state index in [9.17, 15) is 25.0 Å². The van der Waals surface area contributed by atoms with Crippen molar-refractivity contribution in [2.45, 2.75) is 18.9 Å². The van der Waals surface area contributed by atoms with E-state index in [1.165, 1.54) is 41.7 Å². The van der Waals surface area contributed by atoms with Crippen molar-refractivity contribution >= 4 is 46.1 Å². The van der Waals surface area contributed by atoms with Gasteiger partial charge in [-0.1, -0.05) is 59.3 Å². The number of aromatic nitrogens is 1. The van der Waals surface area contributed by atoms with Crippen molar-refractivity contribution in [1.82, 2.24) is 4.57 Å². The van der Waals surface area contributed by atoms with Crippen LogP contribution in [0.5, 0.6) is 0 Å². The largest absolute Gasteiger partial charge is 0.457 e. The SMILES string of the molecule is O=c1/c(=C\c2ccc(-c3ccc([N+](=O)[O-])cc3Cl)o2)sc2n1[C@H](c1cccc([N+](=O)[O-])c1)C1=C(N=2)c2ccccc2CC1. The Balaban J connectivity index is 1.38. The van der Waals surface area contributed by atoms with Gasteiger partial charge in [-0.25, -0.2) is 4.99 Å². The summed E-state index contributed by atoms with van der Waals surface area (Å²) in [5.41, 5.74) is 4.51. The molecule has 0 amide bonds. The third-order valence-corrected chi connectivity index (χ3v) is 8.89. The Morgan fingerprint density at radius 1 is 0.930 bits per heavy atom. The third-order valence-electron chi connectivity index (χ3n) is 7.60. The summed E-state index contributed by atoms with van der Waals surface area (Å²) in [5.74, 6) is 0.774. The Bertz CT molecular complexity index is 2210. The topological polar surface area (TPSA) is 134 Å². The van der Waals surface area contributed by atoms with E-state index in [1.807, 2.05) is 18.2 Å². The van der Waals surface area contributed by atoms with E-state index >= 15 is 0 Å². The standard InChI is InChI=1S/C31H19ClN4O6S/c32-25-15-20(36(40)41)9-12-23(25)26-13-10-21(42-26)16-27-30(37)34-29(18-5-3-6-19(14-18)35(38)39)24-11-8-17-4-1-2-7-22(17)28(24)33-31(34)43-27/h1-7,9-10,12-16,29H,8,11H2/b27-16+/t29-/m1/s1. The first kappa shape index (κ1) is 26.7. The van der Waals surface area contributed by atoms with Crippen molar-refractivity contribution in [2.75, 3.05) is 0 Å². The van der Waals surface area contributed by atoms with Crippen LogP contribution in [0.1, 0.15) is 34.9 Å². The predicted molar refractivity (Wildman–Crippen MR) is 162 cm³/mol. The molecule has 1 aliphatic heterocycles. The molecule has 1 aliphatic carbocycles. The number of non-ortho nitro benzene ring substituents is 2. The van der Waals surface area contributed by atoms with Crippen LogP contribution in [0, 0.1) is 20.2 Å². The van der Waals surface area contributed by atoms with E-state index in [1.54, 1.807) is 34.9 Å². The Hall–Kier alpha value is -5.13. The van der Waals surface area contributed by atoms with E-state index in [2.05, 4.69) is 6.07 Å². The molecule has 0 spiro atoms. The second-order valence-corrected chi connectivity index (χ2v) is 11.5. The lowest BCUT2D eigenvalue weighted by Gasteiger charge is -2.30. The van der Waals surface area contributed by atoms with Crippen LogP contribution < -0.4 is 14.9 Å². The van der Waals surface area contributed by atoms with Gasteiger partial charge >= 0.3 is 0 Å². The Labute approximate surface area is 251 Å². The normalized spacial score (nSPS) is 15.8. The zero-order valence-electron chi connectivity index (χ0n) is 22.1. The summed E-state index contributed by atoms with van der Waals surface area (Å²) in [4.78, 5) is 41.1. The highest BCUT2D eigenvalue weighted by molar-refractivity contribution is 7.07. The van der Waals surface area contributed by atoms with Crippen molar-refractivity contribution in [3.8, 4) is 11.3 Å². The third kappa shape index (κ3) is 4.59. The van der Waals surface area contributed by atoms with Gasteiger partial charge in [0.25, 0.3) is 16.9 Å². The van der Waals surface area contributed by atoms with Gasteiger partial charge in [0.15, 0.2) is 4.80 Å². The highest BCUT2D eigenvalue weighted by atomic mass is 35.5. The van der Waals surface area contributed by atoms with Crippen molar-refractivity contribution < 1.29 is 14.3 Å². The van der Waals surface area contributed by atoms with Crippen molar-refractivity contribution in [1.29, 1.82) is 0 Å². The lowest BCUT2D eigenvalue weighted by Crippen LogP contribution is -2.38. The Kier molecular flexibility index (Phi) is 6.41. The summed E-state index contributed by atoms with van der Waals surface area (Å²) in [5, 5.41) is 22.9. The average Bonchev–Trinajstić information content (AvgIpc) is 3.59. The molecule has 0 fully saturated rings. The maximum absolute atomic E-state index is 14.0. The number of nitro benzene ring substituents is 2. The van der Waals surface area contributed by atoms with E-state index in [0.29, 0.717) is 38.4 Å². The van der Waals surface area contributed by atoms with Crippen LogP contribution in [0.3, 0.4) is 0 Å². The quantitative estimate of drug-likeness (QED) is 0.176. The Morgan fingerprint density at radius 2 is 1.72 bits per heavy atom. The minimum Gasteiger partial charge on any atom is -0.457 e. The smallest absolute Gasteiger partial charge is 0.271 e. The first-order chi connectivity index (χ1) is 20.8. The van der Waals surface area contributed by atoms with Gasteiger partial charge < -0.3 is 4.42 Å². The fourth-order valence-electron chi connectivity index (χ4n) is 5.65. The fraction of sp³-hybridized carbons (Fsp3) is 0.0968. The molecule has 0 saturated carbocycles. The molecule has 0 radical (unpaired) electrons. The first-order valence-corrected chi connectivity index (χ1v) is 14.4.